The van der Waals surface area contributed by atoms with Crippen LogP contribution in [0, 0.1) is 0 Å². The molecule has 1 saturated heterocycles. The van der Waals surface area contributed by atoms with Crippen LogP contribution in [-0.2, 0) is 18.3 Å². The van der Waals surface area contributed by atoms with E-state index >= 15 is 0 Å². The van der Waals surface area contributed by atoms with Gasteiger partial charge in [-0.1, -0.05) is 6.92 Å². The van der Waals surface area contributed by atoms with Gasteiger partial charge in [0.1, 0.15) is 0 Å². The van der Waals surface area contributed by atoms with Gasteiger partial charge in [-0.25, -0.2) is 0 Å². The summed E-state index contributed by atoms with van der Waals surface area (Å²) in [6.07, 6.45) is 3.27. The van der Waals surface area contributed by atoms with Crippen LogP contribution in [0.25, 0.3) is 0 Å². The van der Waals surface area contributed by atoms with Crippen LogP contribution in [0.2, 0.25) is 0 Å². The van der Waals surface area contributed by atoms with Gasteiger partial charge < -0.3 is 10.6 Å². The number of nitrogens with zero attached hydrogens (tertiary/aromatic N) is 3. The maximum absolute atomic E-state index is 12.2. The summed E-state index contributed by atoms with van der Waals surface area (Å²) in [4.78, 5) is 14.2. The van der Waals surface area contributed by atoms with Crippen LogP contribution >= 0.6 is 0 Å². The average molecular weight is 264 g/mol. The summed E-state index contributed by atoms with van der Waals surface area (Å²) in [5, 5.41) is 4.47. The van der Waals surface area contributed by atoms with Crippen LogP contribution in [-0.4, -0.2) is 32.2 Å². The van der Waals surface area contributed by atoms with Gasteiger partial charge >= 0.3 is 0 Å². The molecule has 2 rings (SSSR count). The molecular formula is C14H24N4O. The van der Waals surface area contributed by atoms with E-state index < -0.39 is 0 Å². The van der Waals surface area contributed by atoms with E-state index in [2.05, 4.69) is 32.8 Å². The summed E-state index contributed by atoms with van der Waals surface area (Å²) in [6.45, 7) is 8.24. The van der Waals surface area contributed by atoms with E-state index in [9.17, 15) is 4.79 Å². The van der Waals surface area contributed by atoms with Crippen molar-refractivity contribution >= 4 is 5.91 Å². The number of carbonyl (C=O) groups excluding carboxylic acids is 1. The van der Waals surface area contributed by atoms with Gasteiger partial charge in [0.25, 0.3) is 0 Å². The lowest BCUT2D eigenvalue weighted by Gasteiger charge is -2.38. The number of hydrogen-bond donors (Lipinski definition) is 1. The van der Waals surface area contributed by atoms with Crippen molar-refractivity contribution in [3.05, 3.63) is 17.5 Å². The Kier molecular flexibility index (Phi) is 3.43. The fourth-order valence-corrected chi connectivity index (χ4v) is 2.99. The first-order chi connectivity index (χ1) is 8.75. The third kappa shape index (κ3) is 2.39. The minimum atomic E-state index is -0.225. The molecular weight excluding hydrogens is 240 g/mol. The highest BCUT2D eigenvalue weighted by Gasteiger charge is 2.45. The first-order valence-corrected chi connectivity index (χ1v) is 6.86. The second kappa shape index (κ2) is 4.63. The maximum atomic E-state index is 12.2. The Morgan fingerprint density at radius 3 is 2.63 bits per heavy atom. The van der Waals surface area contributed by atoms with E-state index in [4.69, 9.17) is 5.73 Å². The van der Waals surface area contributed by atoms with Gasteiger partial charge in [-0.3, -0.25) is 9.48 Å². The molecule has 1 amide bonds. The number of amides is 1. The van der Waals surface area contributed by atoms with Crippen molar-refractivity contribution in [3.8, 4) is 0 Å². The third-order valence-electron chi connectivity index (χ3n) is 3.68. The molecule has 0 spiro atoms. The molecule has 0 radical (unpaired) electrons. The van der Waals surface area contributed by atoms with Crippen LogP contribution in [0.4, 0.5) is 0 Å². The summed E-state index contributed by atoms with van der Waals surface area (Å²) in [5.41, 5.74) is 8.13. The molecule has 2 N–H and O–H groups in total. The number of hydrogen-bond acceptors (Lipinski definition) is 3. The standard InChI is InChI=1S/C14H24N4O/c1-6-11-9(8-17(5)16-11)13-10(15)7-12(19)18(13)14(2,3)4/h8,10,13H,6-7,15H2,1-5H3. The molecule has 2 unspecified atom stereocenters. The number of aromatic nitrogens is 2. The minimum Gasteiger partial charge on any atom is -0.329 e. The molecule has 1 aliphatic heterocycles. The van der Waals surface area contributed by atoms with Gasteiger partial charge in [-0.05, 0) is 27.2 Å². The number of aryl methyl sites for hydroxylation is 2. The average Bonchev–Trinajstić information content (AvgIpc) is 2.77. The molecule has 1 aromatic heterocycles. The summed E-state index contributed by atoms with van der Waals surface area (Å²) in [6, 6.07) is -0.211. The highest BCUT2D eigenvalue weighted by Crippen LogP contribution is 2.38. The molecule has 2 atom stereocenters. The van der Waals surface area contributed by atoms with Crippen LogP contribution in [0.3, 0.4) is 0 Å². The molecule has 0 bridgehead atoms. The van der Waals surface area contributed by atoms with E-state index in [1.165, 1.54) is 0 Å². The summed E-state index contributed by atoms with van der Waals surface area (Å²) < 4.78 is 1.81. The van der Waals surface area contributed by atoms with E-state index in [-0.39, 0.29) is 23.5 Å². The van der Waals surface area contributed by atoms with Crippen molar-refractivity contribution in [1.82, 2.24) is 14.7 Å². The van der Waals surface area contributed by atoms with E-state index in [0.717, 1.165) is 17.7 Å². The lowest BCUT2D eigenvalue weighted by atomic mass is 9.96. The van der Waals surface area contributed by atoms with Crippen molar-refractivity contribution in [1.29, 1.82) is 0 Å². The van der Waals surface area contributed by atoms with E-state index in [1.54, 1.807) is 0 Å². The Morgan fingerprint density at radius 2 is 2.11 bits per heavy atom. The quantitative estimate of drug-likeness (QED) is 0.877. The topological polar surface area (TPSA) is 64.2 Å². The van der Waals surface area contributed by atoms with Crippen molar-refractivity contribution in [3.63, 3.8) is 0 Å². The summed E-state index contributed by atoms with van der Waals surface area (Å²) >= 11 is 0. The normalized spacial score (nSPS) is 24.3. The van der Waals surface area contributed by atoms with Crippen molar-refractivity contribution in [2.75, 3.05) is 0 Å². The first kappa shape index (κ1) is 14.1. The molecule has 106 valence electrons. The number of rotatable bonds is 2. The smallest absolute Gasteiger partial charge is 0.225 e. The van der Waals surface area contributed by atoms with Gasteiger partial charge in [0.05, 0.1) is 11.7 Å². The predicted molar refractivity (Wildman–Crippen MR) is 74.5 cm³/mol. The molecule has 19 heavy (non-hydrogen) atoms. The molecule has 1 aromatic rings. The van der Waals surface area contributed by atoms with Gasteiger partial charge in [-0.15, -0.1) is 0 Å². The van der Waals surface area contributed by atoms with Crippen molar-refractivity contribution in [2.45, 2.75) is 58.2 Å². The molecule has 5 heteroatoms. The molecule has 1 aliphatic rings. The Labute approximate surface area is 114 Å². The zero-order valence-electron chi connectivity index (χ0n) is 12.5. The molecule has 0 aromatic carbocycles. The van der Waals surface area contributed by atoms with Crippen LogP contribution < -0.4 is 5.73 Å². The van der Waals surface area contributed by atoms with Crippen LogP contribution in [0.1, 0.15) is 51.4 Å². The first-order valence-electron chi connectivity index (χ1n) is 6.86. The molecule has 5 nitrogen and oxygen atoms in total. The fraction of sp³-hybridized carbons (Fsp3) is 0.714. The lowest BCUT2D eigenvalue weighted by molar-refractivity contribution is -0.133. The van der Waals surface area contributed by atoms with Gasteiger partial charge in [-0.2, -0.15) is 5.10 Å². The lowest BCUT2D eigenvalue weighted by Crippen LogP contribution is -2.45. The second-order valence-corrected chi connectivity index (χ2v) is 6.31. The third-order valence-corrected chi connectivity index (χ3v) is 3.68. The van der Waals surface area contributed by atoms with Gasteiger partial charge in [0.15, 0.2) is 0 Å². The Hall–Kier alpha value is -1.36. The van der Waals surface area contributed by atoms with Crippen molar-refractivity contribution < 1.29 is 4.79 Å². The second-order valence-electron chi connectivity index (χ2n) is 6.31. The molecule has 0 saturated carbocycles. The zero-order chi connectivity index (χ0) is 14.4. The maximum Gasteiger partial charge on any atom is 0.225 e. The number of nitrogens with two attached hydrogens (primary N) is 1. The largest absolute Gasteiger partial charge is 0.329 e. The number of carbonyl (C=O) groups is 1. The zero-order valence-corrected chi connectivity index (χ0v) is 12.5. The SMILES string of the molecule is CCc1nn(C)cc1C1C(N)CC(=O)N1C(C)(C)C. The summed E-state index contributed by atoms with van der Waals surface area (Å²) in [7, 11) is 1.91. The van der Waals surface area contributed by atoms with Crippen LogP contribution in [0.5, 0.6) is 0 Å². The van der Waals surface area contributed by atoms with Gasteiger partial charge in [0, 0.05) is 36.8 Å². The number of likely N-dealkylation sites (tertiary alicyclic amines) is 1. The highest BCUT2D eigenvalue weighted by atomic mass is 16.2. The molecule has 2 heterocycles. The Balaban J connectivity index is 2.48. The van der Waals surface area contributed by atoms with E-state index in [0.29, 0.717) is 6.42 Å². The van der Waals surface area contributed by atoms with Crippen molar-refractivity contribution in [2.24, 2.45) is 12.8 Å². The Morgan fingerprint density at radius 1 is 1.47 bits per heavy atom. The monoisotopic (exact) mass is 264 g/mol. The van der Waals surface area contributed by atoms with E-state index in [1.807, 2.05) is 22.8 Å². The fourth-order valence-electron chi connectivity index (χ4n) is 2.99. The predicted octanol–water partition coefficient (Wildman–Crippen LogP) is 1.38. The summed E-state index contributed by atoms with van der Waals surface area (Å²) in [5.74, 6) is 0.135. The molecule has 1 fully saturated rings. The van der Waals surface area contributed by atoms with Gasteiger partial charge in [0.2, 0.25) is 5.91 Å². The van der Waals surface area contributed by atoms with Crippen LogP contribution in [0.15, 0.2) is 6.20 Å². The highest BCUT2D eigenvalue weighted by molar-refractivity contribution is 5.81. The minimum absolute atomic E-state index is 0.0591. The molecule has 0 aliphatic carbocycles. The Bertz CT molecular complexity index is 486.